The second-order valence-corrected chi connectivity index (χ2v) is 8.46. The van der Waals surface area contributed by atoms with Crippen molar-refractivity contribution in [1.82, 2.24) is 19.7 Å². The maximum Gasteiger partial charge on any atom is 0.439 e. The molecule has 11 nitrogen and oxygen atoms in total. The molecule has 11 heteroatoms. The van der Waals surface area contributed by atoms with Crippen LogP contribution in [0.15, 0.2) is 76.0 Å². The zero-order chi connectivity index (χ0) is 27.4. The molecular weight excluding hydrogens is 504 g/mol. The summed E-state index contributed by atoms with van der Waals surface area (Å²) in [5.74, 6) is -1.48. The smallest absolute Gasteiger partial charge is 0.439 e. The van der Waals surface area contributed by atoms with Crippen molar-refractivity contribution in [1.29, 1.82) is 0 Å². The number of nitrogens with zero attached hydrogens (tertiary/aromatic N) is 3. The van der Waals surface area contributed by atoms with Crippen LogP contribution >= 0.6 is 0 Å². The van der Waals surface area contributed by atoms with Crippen molar-refractivity contribution in [2.75, 3.05) is 13.4 Å². The van der Waals surface area contributed by atoms with Gasteiger partial charge in [0.05, 0.1) is 29.7 Å². The molecule has 5 aromatic rings. The molecule has 0 fully saturated rings. The predicted molar refractivity (Wildman–Crippen MR) is 140 cm³/mol. The number of aromatic nitrogens is 4. The maximum atomic E-state index is 12.8. The first-order chi connectivity index (χ1) is 18.9. The summed E-state index contributed by atoms with van der Waals surface area (Å²) in [7, 11) is 0. The van der Waals surface area contributed by atoms with E-state index >= 15 is 0 Å². The van der Waals surface area contributed by atoms with E-state index in [0.717, 1.165) is 22.3 Å². The lowest BCUT2D eigenvalue weighted by Gasteiger charge is -2.13. The van der Waals surface area contributed by atoms with Crippen molar-refractivity contribution in [2.45, 2.75) is 20.4 Å². The molecule has 0 saturated heterocycles. The van der Waals surface area contributed by atoms with Crippen LogP contribution in [0.1, 0.15) is 29.8 Å². The lowest BCUT2D eigenvalue weighted by Crippen LogP contribution is -2.13. The second-order valence-electron chi connectivity index (χ2n) is 8.46. The third-order valence-corrected chi connectivity index (χ3v) is 5.91. The Bertz CT molecular complexity index is 1700. The Morgan fingerprint density at radius 1 is 0.974 bits per heavy atom. The number of H-pyrrole nitrogens is 1. The molecule has 0 bridgehead atoms. The van der Waals surface area contributed by atoms with Crippen LogP contribution in [0.25, 0.3) is 33.5 Å². The molecule has 0 atom stereocenters. The Labute approximate surface area is 221 Å². The van der Waals surface area contributed by atoms with E-state index in [-0.39, 0.29) is 5.56 Å². The molecule has 39 heavy (non-hydrogen) atoms. The molecule has 0 saturated carbocycles. The van der Waals surface area contributed by atoms with E-state index in [9.17, 15) is 14.4 Å². The lowest BCUT2D eigenvalue weighted by molar-refractivity contribution is -0.149. The standard InChI is InChI=1S/C28H24N4O7/c1-3-36-27-29-23-10-6-9-22(26(34)38-16-37-17(2)33)24(23)32(27)15-18-11-13-19(14-12-18)20-7-4-5-8-21(20)25-30-28(35)39-31-25/h4-14H,3,15-16H2,1-2H3,(H,30,31,35). The number of aromatic amines is 1. The van der Waals surface area contributed by atoms with Crippen LogP contribution in [-0.2, 0) is 20.8 Å². The molecule has 0 unspecified atom stereocenters. The Kier molecular flexibility index (Phi) is 7.21. The first kappa shape index (κ1) is 25.5. The second kappa shape index (κ2) is 11.1. The van der Waals surface area contributed by atoms with Gasteiger partial charge < -0.3 is 14.2 Å². The number of hydrogen-bond donors (Lipinski definition) is 1. The summed E-state index contributed by atoms with van der Waals surface area (Å²) in [4.78, 5) is 42.5. The van der Waals surface area contributed by atoms with Gasteiger partial charge in [-0.05, 0) is 35.7 Å². The minimum Gasteiger partial charge on any atom is -0.465 e. The zero-order valence-corrected chi connectivity index (χ0v) is 21.2. The average Bonchev–Trinajstić information content (AvgIpc) is 3.52. The summed E-state index contributed by atoms with van der Waals surface area (Å²) in [5, 5.41) is 3.82. The molecule has 3 aromatic carbocycles. The molecule has 5 rings (SSSR count). The molecule has 2 heterocycles. The molecule has 2 aromatic heterocycles. The molecule has 0 amide bonds. The van der Waals surface area contributed by atoms with Gasteiger partial charge in [-0.15, -0.1) is 0 Å². The highest BCUT2D eigenvalue weighted by atomic mass is 16.7. The first-order valence-electron chi connectivity index (χ1n) is 12.1. The molecule has 0 aliphatic carbocycles. The Balaban J connectivity index is 1.48. The number of ether oxygens (including phenoxy) is 3. The summed E-state index contributed by atoms with van der Waals surface area (Å²) in [5.41, 5.74) is 4.81. The summed E-state index contributed by atoms with van der Waals surface area (Å²) in [6.07, 6.45) is 0. The Hall–Kier alpha value is -5.19. The fourth-order valence-electron chi connectivity index (χ4n) is 4.22. The van der Waals surface area contributed by atoms with Crippen molar-refractivity contribution < 1.29 is 28.3 Å². The number of nitrogens with one attached hydrogen (secondary N) is 1. The SMILES string of the molecule is CCOc1nc2cccc(C(=O)OCOC(C)=O)c2n1Cc1ccc(-c2ccccc2-c2noc(=O)[nH]2)cc1. The van der Waals surface area contributed by atoms with Gasteiger partial charge in [0.1, 0.15) is 0 Å². The minimum absolute atomic E-state index is 0.269. The minimum atomic E-state index is -0.649. The van der Waals surface area contributed by atoms with Crippen molar-refractivity contribution in [3.63, 3.8) is 0 Å². The maximum absolute atomic E-state index is 12.8. The van der Waals surface area contributed by atoms with Gasteiger partial charge in [0.15, 0.2) is 5.82 Å². The third kappa shape index (κ3) is 5.42. The van der Waals surface area contributed by atoms with Crippen LogP contribution in [-0.4, -0.2) is 45.0 Å². The van der Waals surface area contributed by atoms with Crippen molar-refractivity contribution in [2.24, 2.45) is 0 Å². The van der Waals surface area contributed by atoms with Gasteiger partial charge in [-0.2, -0.15) is 4.98 Å². The summed E-state index contributed by atoms with van der Waals surface area (Å²) >= 11 is 0. The van der Waals surface area contributed by atoms with E-state index in [1.165, 1.54) is 6.92 Å². The number of fused-ring (bicyclic) bond motifs is 1. The molecule has 198 valence electrons. The first-order valence-corrected chi connectivity index (χ1v) is 12.1. The number of carbonyl (C=O) groups is 2. The molecule has 0 spiro atoms. The van der Waals surface area contributed by atoms with Gasteiger partial charge in [0.2, 0.25) is 6.79 Å². The highest BCUT2D eigenvalue weighted by Gasteiger charge is 2.21. The summed E-state index contributed by atoms with van der Waals surface area (Å²) < 4.78 is 22.2. The highest BCUT2D eigenvalue weighted by molar-refractivity contribution is 6.02. The monoisotopic (exact) mass is 528 g/mol. The number of imidazole rings is 1. The molecular formula is C28H24N4O7. The van der Waals surface area contributed by atoms with E-state index in [1.807, 2.05) is 60.0 Å². The summed E-state index contributed by atoms with van der Waals surface area (Å²) in [6.45, 7) is 3.35. The average molecular weight is 529 g/mol. The van der Waals surface area contributed by atoms with E-state index in [4.69, 9.17) is 14.2 Å². The highest BCUT2D eigenvalue weighted by Crippen LogP contribution is 2.31. The normalized spacial score (nSPS) is 10.9. The number of hydrogen-bond acceptors (Lipinski definition) is 9. The van der Waals surface area contributed by atoms with Crippen LogP contribution < -0.4 is 10.5 Å². The van der Waals surface area contributed by atoms with E-state index in [0.29, 0.717) is 36.0 Å². The van der Waals surface area contributed by atoms with Gasteiger partial charge in [-0.25, -0.2) is 9.59 Å². The zero-order valence-electron chi connectivity index (χ0n) is 21.2. The predicted octanol–water partition coefficient (Wildman–Crippen LogP) is 4.17. The quantitative estimate of drug-likeness (QED) is 0.221. The third-order valence-electron chi connectivity index (χ3n) is 5.91. The van der Waals surface area contributed by atoms with E-state index < -0.39 is 24.5 Å². The molecule has 1 N–H and O–H groups in total. The van der Waals surface area contributed by atoms with Gasteiger partial charge >= 0.3 is 17.7 Å². The van der Waals surface area contributed by atoms with Gasteiger partial charge in [-0.3, -0.25) is 18.9 Å². The number of rotatable bonds is 9. The van der Waals surface area contributed by atoms with Crippen molar-refractivity contribution >= 4 is 23.0 Å². The molecule has 0 aliphatic heterocycles. The Morgan fingerprint density at radius 2 is 1.74 bits per heavy atom. The van der Waals surface area contributed by atoms with Gasteiger partial charge in [0.25, 0.3) is 6.01 Å². The van der Waals surface area contributed by atoms with E-state index in [2.05, 4.69) is 19.6 Å². The molecule has 0 aliphatic rings. The lowest BCUT2D eigenvalue weighted by atomic mass is 9.98. The van der Waals surface area contributed by atoms with E-state index in [1.54, 1.807) is 18.2 Å². The van der Waals surface area contributed by atoms with Crippen LogP contribution in [0.3, 0.4) is 0 Å². The largest absolute Gasteiger partial charge is 0.465 e. The van der Waals surface area contributed by atoms with Crippen molar-refractivity contribution in [3.05, 3.63) is 88.4 Å². The van der Waals surface area contributed by atoms with Gasteiger partial charge in [-0.1, -0.05) is 59.8 Å². The molecule has 0 radical (unpaired) electrons. The Morgan fingerprint density at radius 3 is 2.44 bits per heavy atom. The number of benzene rings is 3. The number of carbonyl (C=O) groups excluding carboxylic acids is 2. The fourth-order valence-corrected chi connectivity index (χ4v) is 4.22. The summed E-state index contributed by atoms with van der Waals surface area (Å²) in [6, 6.07) is 20.8. The van der Waals surface area contributed by atoms with Crippen LogP contribution in [0.2, 0.25) is 0 Å². The topological polar surface area (TPSA) is 139 Å². The van der Waals surface area contributed by atoms with Crippen LogP contribution in [0.4, 0.5) is 0 Å². The number of esters is 2. The fraction of sp³-hybridized carbons (Fsp3) is 0.179. The van der Waals surface area contributed by atoms with Crippen LogP contribution in [0.5, 0.6) is 6.01 Å². The van der Waals surface area contributed by atoms with Gasteiger partial charge in [0, 0.05) is 12.5 Å². The number of para-hydroxylation sites is 1. The van der Waals surface area contributed by atoms with Crippen LogP contribution in [0, 0.1) is 0 Å². The van der Waals surface area contributed by atoms with Crippen molar-refractivity contribution in [3.8, 4) is 28.5 Å².